The number of ether oxygens (including phenoxy) is 5. The van der Waals surface area contributed by atoms with E-state index in [0.29, 0.717) is 63.4 Å². The van der Waals surface area contributed by atoms with Crippen LogP contribution in [0.1, 0.15) is 126 Å². The Kier molecular flexibility index (Phi) is 22.5. The van der Waals surface area contributed by atoms with Crippen LogP contribution in [-0.4, -0.2) is 140 Å². The summed E-state index contributed by atoms with van der Waals surface area (Å²) in [5.41, 5.74) is 1.25. The highest BCUT2D eigenvalue weighted by atomic mass is 31.2. The molecular weight excluding hydrogens is 906 g/mol. The lowest BCUT2D eigenvalue weighted by Crippen LogP contribution is -2.61. The first-order chi connectivity index (χ1) is 32.4. The predicted molar refractivity (Wildman–Crippen MR) is 263 cm³/mol. The summed E-state index contributed by atoms with van der Waals surface area (Å²) in [6.45, 7) is 15.9. The molecule has 3 aliphatic heterocycles. The van der Waals surface area contributed by atoms with Crippen LogP contribution < -0.4 is 0 Å². The number of carbonyl (C=O) groups excluding carboxylic acids is 5. The monoisotopic (exact) mass is 990 g/mol. The number of ketones is 3. The van der Waals surface area contributed by atoms with Crippen molar-refractivity contribution in [1.29, 1.82) is 0 Å². The van der Waals surface area contributed by atoms with E-state index >= 15 is 0 Å². The van der Waals surface area contributed by atoms with Crippen LogP contribution >= 0.6 is 7.37 Å². The second-order valence-electron chi connectivity index (χ2n) is 20.9. The van der Waals surface area contributed by atoms with Gasteiger partial charge in [0.2, 0.25) is 5.79 Å². The number of Topliss-reactive ketones (excluding diaryl/α,β-unsaturated/α-hetero) is 3. The largest absolute Gasteiger partial charge is 0.460 e. The van der Waals surface area contributed by atoms with E-state index in [4.69, 9.17) is 28.2 Å². The van der Waals surface area contributed by atoms with E-state index in [9.17, 15) is 38.8 Å². The predicted octanol–water partition coefficient (Wildman–Crippen LogP) is 7.74. The third-order valence-corrected chi connectivity index (χ3v) is 15.6. The number of piperidine rings is 1. The molecule has 3 fully saturated rings. The molecule has 15 nitrogen and oxygen atoms in total. The number of amides is 1. The summed E-state index contributed by atoms with van der Waals surface area (Å²) < 4.78 is 48.2. The Labute approximate surface area is 411 Å². The van der Waals surface area contributed by atoms with Gasteiger partial charge in [0.15, 0.2) is 13.2 Å². The molecule has 4 rings (SSSR count). The fourth-order valence-electron chi connectivity index (χ4n) is 10.5. The van der Waals surface area contributed by atoms with E-state index in [0.717, 1.165) is 12.0 Å². The summed E-state index contributed by atoms with van der Waals surface area (Å²) in [4.78, 5) is 72.2. The molecule has 1 amide bonds. The van der Waals surface area contributed by atoms with Crippen molar-refractivity contribution in [2.75, 3.05) is 41.2 Å². The van der Waals surface area contributed by atoms with Gasteiger partial charge in [0, 0.05) is 71.8 Å². The van der Waals surface area contributed by atoms with Gasteiger partial charge in [0.1, 0.15) is 30.1 Å². The number of aliphatic hydroxyl groups is 2. The van der Waals surface area contributed by atoms with Crippen molar-refractivity contribution in [2.24, 2.45) is 35.5 Å². The van der Waals surface area contributed by atoms with E-state index in [2.05, 4.69) is 0 Å². The zero-order valence-electron chi connectivity index (χ0n) is 43.4. The minimum Gasteiger partial charge on any atom is -0.460 e. The van der Waals surface area contributed by atoms with Gasteiger partial charge < -0.3 is 43.3 Å². The lowest BCUT2D eigenvalue weighted by Gasteiger charge is -2.42. The van der Waals surface area contributed by atoms with Crippen LogP contribution in [0.15, 0.2) is 47.6 Å². The number of hydrogen-bond donors (Lipinski definition) is 2. The van der Waals surface area contributed by atoms with Crippen LogP contribution in [0.2, 0.25) is 0 Å². The highest BCUT2D eigenvalue weighted by Gasteiger charge is 2.53. The first-order valence-electron chi connectivity index (χ1n) is 25.2. The van der Waals surface area contributed by atoms with Crippen molar-refractivity contribution in [3.63, 3.8) is 0 Å². The first-order valence-corrected chi connectivity index (χ1v) is 27.7. The van der Waals surface area contributed by atoms with E-state index in [1.807, 2.05) is 58.1 Å². The van der Waals surface area contributed by atoms with Crippen molar-refractivity contribution in [2.45, 2.75) is 180 Å². The molecule has 1 saturated carbocycles. The minimum absolute atomic E-state index is 0.0117. The van der Waals surface area contributed by atoms with E-state index in [-0.39, 0.29) is 60.9 Å². The minimum atomic E-state index is -2.79. The van der Waals surface area contributed by atoms with Crippen molar-refractivity contribution >= 4 is 36.6 Å². The third kappa shape index (κ3) is 16.2. The summed E-state index contributed by atoms with van der Waals surface area (Å²) in [5, 5.41) is 23.5. The Morgan fingerprint density at radius 1 is 0.855 bits per heavy atom. The number of carbonyl (C=O) groups is 5. The van der Waals surface area contributed by atoms with Crippen molar-refractivity contribution in [3.8, 4) is 0 Å². The number of fused-ring (bicyclic) bond motifs is 3. The Hall–Kier alpha value is -3.14. The lowest BCUT2D eigenvalue weighted by molar-refractivity contribution is -0.265. The second kappa shape index (κ2) is 26.5. The van der Waals surface area contributed by atoms with Gasteiger partial charge in [-0.1, -0.05) is 71.1 Å². The Bertz CT molecular complexity index is 1940. The molecule has 16 heteroatoms. The van der Waals surface area contributed by atoms with Gasteiger partial charge in [-0.2, -0.15) is 0 Å². The average molecular weight is 990 g/mol. The fourth-order valence-corrected chi connectivity index (χ4v) is 11.4. The molecular formula is C53H84NO14P. The van der Waals surface area contributed by atoms with Gasteiger partial charge in [-0.05, 0) is 107 Å². The molecule has 2 N–H and O–H groups in total. The van der Waals surface area contributed by atoms with Crippen LogP contribution in [0, 0.1) is 35.5 Å². The molecule has 15 atom stereocenters. The standard InChI is InChI=1S/C53H84NO14P/c1-32-18-14-13-15-19-33(2)44(63-8)30-40-23-21-38(7)53(61,67-40)50(58)51(59)54-25-17-16-20-41(54)52(60)66-45(35(4)28-39-22-24-43(46(29-39)64-9)68-69(11,12)62)31-42(55)34(3)27-37(6)48(57)49(65-10)47(56)36(5)26-32/h13-15,18-19,27,32,34-36,38-41,43-46,48-49,57,61H,16-17,20-26,28-31H2,1-12H3/b15-13+,18-14+,33-19-,37-27+/t32?,34-,35-,36-,38-,39+,40+,41+,43-,44+,45+,46-,48-,49+,53-/m1/s1. The number of aliphatic hydroxyl groups excluding tert-OH is 1. The number of hydrogen-bond acceptors (Lipinski definition) is 14. The number of methoxy groups -OCH3 is 3. The van der Waals surface area contributed by atoms with Crippen LogP contribution in [0.5, 0.6) is 0 Å². The van der Waals surface area contributed by atoms with Crippen molar-refractivity contribution < 1.29 is 67.0 Å². The normalized spacial score (nSPS) is 39.0. The summed E-state index contributed by atoms with van der Waals surface area (Å²) in [5.74, 6) is -8.11. The van der Waals surface area contributed by atoms with Crippen LogP contribution in [0.25, 0.3) is 0 Å². The highest BCUT2D eigenvalue weighted by Crippen LogP contribution is 2.45. The number of nitrogens with zero attached hydrogens (tertiary/aromatic N) is 1. The highest BCUT2D eigenvalue weighted by molar-refractivity contribution is 7.57. The van der Waals surface area contributed by atoms with Gasteiger partial charge in [-0.3, -0.25) is 23.7 Å². The molecule has 0 aromatic heterocycles. The van der Waals surface area contributed by atoms with Crippen LogP contribution in [0.4, 0.5) is 0 Å². The maximum atomic E-state index is 14.5. The molecule has 2 saturated heterocycles. The number of esters is 1. The maximum absolute atomic E-state index is 14.5. The van der Waals surface area contributed by atoms with Crippen LogP contribution in [0.3, 0.4) is 0 Å². The molecule has 0 radical (unpaired) electrons. The summed E-state index contributed by atoms with van der Waals surface area (Å²) in [6, 6.07) is -1.16. The maximum Gasteiger partial charge on any atom is 0.329 e. The van der Waals surface area contributed by atoms with E-state index < -0.39 is 85.1 Å². The lowest BCUT2D eigenvalue weighted by atomic mass is 9.78. The Balaban J connectivity index is 1.70. The first kappa shape index (κ1) is 58.4. The molecule has 2 bridgehead atoms. The van der Waals surface area contributed by atoms with E-state index in [1.54, 1.807) is 54.4 Å². The van der Waals surface area contributed by atoms with Crippen molar-refractivity contribution in [1.82, 2.24) is 4.90 Å². The van der Waals surface area contributed by atoms with Crippen LogP contribution in [-0.2, 0) is 56.7 Å². The third-order valence-electron chi connectivity index (χ3n) is 14.8. The Morgan fingerprint density at radius 2 is 1.57 bits per heavy atom. The molecule has 0 aromatic carbocycles. The van der Waals surface area contributed by atoms with Gasteiger partial charge in [0.25, 0.3) is 11.7 Å². The average Bonchev–Trinajstić information content (AvgIpc) is 3.30. The van der Waals surface area contributed by atoms with Gasteiger partial charge in [-0.15, -0.1) is 0 Å². The number of allylic oxidation sites excluding steroid dienone is 6. The second-order valence-corrected chi connectivity index (χ2v) is 23.6. The van der Waals surface area contributed by atoms with Gasteiger partial charge in [0.05, 0.1) is 24.4 Å². The molecule has 0 aromatic rings. The zero-order valence-corrected chi connectivity index (χ0v) is 44.3. The summed E-state index contributed by atoms with van der Waals surface area (Å²) in [6.07, 6.45) is 11.4. The summed E-state index contributed by atoms with van der Waals surface area (Å²) in [7, 11) is 1.76. The molecule has 390 valence electrons. The molecule has 4 aliphatic rings. The topological polar surface area (TPSA) is 201 Å². The molecule has 3 heterocycles. The Morgan fingerprint density at radius 3 is 2.22 bits per heavy atom. The van der Waals surface area contributed by atoms with E-state index in [1.165, 1.54) is 12.0 Å². The summed E-state index contributed by atoms with van der Waals surface area (Å²) >= 11 is 0. The smallest absolute Gasteiger partial charge is 0.329 e. The molecule has 0 spiro atoms. The number of rotatable bonds is 8. The fraction of sp³-hybridized carbons (Fsp3) is 0.755. The quantitative estimate of drug-likeness (QED) is 0.104. The number of cyclic esters (lactones) is 1. The van der Waals surface area contributed by atoms with Gasteiger partial charge in [-0.25, -0.2) is 4.79 Å². The van der Waals surface area contributed by atoms with Crippen molar-refractivity contribution in [3.05, 3.63) is 47.6 Å². The molecule has 1 aliphatic carbocycles. The van der Waals surface area contributed by atoms with Gasteiger partial charge >= 0.3 is 5.97 Å². The molecule has 69 heavy (non-hydrogen) atoms. The molecule has 1 unspecified atom stereocenters. The SMILES string of the molecule is CO[C@H]1C[C@@H]2CC[C@@H](C)[C@@](O)(O2)C(=O)C(=O)N2CCCC[C@H]2C(=O)O[C@H]([C@H](C)C[C@@H]2CC[C@@H](OP(C)(C)=O)[C@H](OC)C2)CC(=O)[C@H](C)/C=C(\C)[C@@H](O)[C@@H](OC)C(=O)[C@H](C)CC(C)/C=C/C=C/C=C\1C. The zero-order chi connectivity index (χ0) is 51.4.